The number of aromatic nitrogens is 3. The quantitative estimate of drug-likeness (QED) is 0.791. The van der Waals surface area contributed by atoms with Crippen molar-refractivity contribution < 1.29 is 4.74 Å². The van der Waals surface area contributed by atoms with E-state index in [9.17, 15) is 0 Å². The number of rotatable bonds is 2. The van der Waals surface area contributed by atoms with Gasteiger partial charge in [0, 0.05) is 12.5 Å². The molecular formula is C8H12BrN3O. The van der Waals surface area contributed by atoms with Crippen molar-refractivity contribution in [3.8, 4) is 0 Å². The van der Waals surface area contributed by atoms with Gasteiger partial charge >= 0.3 is 0 Å². The normalized spacial score (nSPS) is 22.5. The van der Waals surface area contributed by atoms with Gasteiger partial charge in [-0.15, -0.1) is 5.10 Å². The molecule has 0 aliphatic carbocycles. The molecule has 0 spiro atoms. The Morgan fingerprint density at radius 2 is 2.46 bits per heavy atom. The van der Waals surface area contributed by atoms with Crippen LogP contribution in [0.15, 0.2) is 4.60 Å². The molecule has 0 amide bonds. The van der Waals surface area contributed by atoms with Crippen molar-refractivity contribution >= 4 is 15.9 Å². The van der Waals surface area contributed by atoms with Crippen LogP contribution < -0.4 is 0 Å². The van der Waals surface area contributed by atoms with Gasteiger partial charge < -0.3 is 4.74 Å². The summed E-state index contributed by atoms with van der Waals surface area (Å²) in [5, 5.41) is 8.52. The second kappa shape index (κ2) is 3.75. The molecule has 1 aliphatic rings. The van der Waals surface area contributed by atoms with E-state index in [0.717, 1.165) is 36.5 Å². The SMILES string of the molecule is Cc1nn(CC2CCOC2)nc1Br. The second-order valence-electron chi connectivity index (χ2n) is 3.36. The highest BCUT2D eigenvalue weighted by molar-refractivity contribution is 9.10. The van der Waals surface area contributed by atoms with Gasteiger partial charge in [-0.25, -0.2) is 0 Å². The lowest BCUT2D eigenvalue weighted by molar-refractivity contribution is 0.180. The molecule has 0 N–H and O–H groups in total. The van der Waals surface area contributed by atoms with Crippen LogP contribution >= 0.6 is 15.9 Å². The van der Waals surface area contributed by atoms with E-state index < -0.39 is 0 Å². The van der Waals surface area contributed by atoms with E-state index in [2.05, 4.69) is 26.1 Å². The maximum atomic E-state index is 5.29. The number of nitrogens with zero attached hydrogens (tertiary/aromatic N) is 3. The van der Waals surface area contributed by atoms with E-state index >= 15 is 0 Å². The smallest absolute Gasteiger partial charge is 0.151 e. The Bertz CT molecular complexity index is 274. The molecule has 1 unspecified atom stereocenters. The molecule has 1 fully saturated rings. The zero-order chi connectivity index (χ0) is 9.26. The molecule has 72 valence electrons. The molecule has 1 saturated heterocycles. The number of ether oxygens (including phenoxy) is 1. The van der Waals surface area contributed by atoms with Crippen LogP contribution in [0.5, 0.6) is 0 Å². The molecular weight excluding hydrogens is 234 g/mol. The first-order chi connectivity index (χ1) is 6.25. The van der Waals surface area contributed by atoms with E-state index in [-0.39, 0.29) is 0 Å². The highest BCUT2D eigenvalue weighted by Crippen LogP contribution is 2.15. The zero-order valence-corrected chi connectivity index (χ0v) is 9.12. The minimum atomic E-state index is 0.582. The lowest BCUT2D eigenvalue weighted by Crippen LogP contribution is -2.13. The molecule has 0 aromatic carbocycles. The fourth-order valence-electron chi connectivity index (χ4n) is 1.45. The summed E-state index contributed by atoms with van der Waals surface area (Å²) in [5.41, 5.74) is 0.943. The number of aryl methyl sites for hydroxylation is 1. The number of hydrogen-bond acceptors (Lipinski definition) is 3. The maximum absolute atomic E-state index is 5.29. The van der Waals surface area contributed by atoms with Gasteiger partial charge in [-0.1, -0.05) is 0 Å². The largest absolute Gasteiger partial charge is 0.381 e. The molecule has 0 radical (unpaired) electrons. The Morgan fingerprint density at radius 1 is 1.62 bits per heavy atom. The number of hydrogen-bond donors (Lipinski definition) is 0. The second-order valence-corrected chi connectivity index (χ2v) is 4.11. The van der Waals surface area contributed by atoms with Crippen molar-refractivity contribution in [1.29, 1.82) is 0 Å². The highest BCUT2D eigenvalue weighted by Gasteiger charge is 2.17. The van der Waals surface area contributed by atoms with Gasteiger partial charge in [0.2, 0.25) is 0 Å². The third kappa shape index (κ3) is 2.08. The Morgan fingerprint density at radius 3 is 3.00 bits per heavy atom. The van der Waals surface area contributed by atoms with E-state index in [0.29, 0.717) is 5.92 Å². The average molecular weight is 246 g/mol. The predicted octanol–water partition coefficient (Wildman–Crippen LogP) is 1.39. The first kappa shape index (κ1) is 9.15. The summed E-state index contributed by atoms with van der Waals surface area (Å²) in [4.78, 5) is 1.75. The van der Waals surface area contributed by atoms with Crippen LogP contribution in [0, 0.1) is 12.8 Å². The third-order valence-electron chi connectivity index (χ3n) is 2.21. The Hall–Kier alpha value is -0.420. The molecule has 13 heavy (non-hydrogen) atoms. The lowest BCUT2D eigenvalue weighted by Gasteiger charge is -2.04. The van der Waals surface area contributed by atoms with Gasteiger partial charge in [0.1, 0.15) is 0 Å². The van der Waals surface area contributed by atoms with Crippen LogP contribution in [0.25, 0.3) is 0 Å². The molecule has 1 aliphatic heterocycles. The zero-order valence-electron chi connectivity index (χ0n) is 7.53. The average Bonchev–Trinajstić information content (AvgIpc) is 2.64. The van der Waals surface area contributed by atoms with Crippen molar-refractivity contribution in [3.05, 3.63) is 10.3 Å². The maximum Gasteiger partial charge on any atom is 0.151 e. The summed E-state index contributed by atoms with van der Waals surface area (Å²) >= 11 is 3.34. The van der Waals surface area contributed by atoms with Gasteiger partial charge in [-0.05, 0) is 29.3 Å². The minimum absolute atomic E-state index is 0.582. The molecule has 0 saturated carbocycles. The van der Waals surface area contributed by atoms with Gasteiger partial charge in [0.25, 0.3) is 0 Å². The molecule has 1 atom stereocenters. The highest BCUT2D eigenvalue weighted by atomic mass is 79.9. The molecule has 0 bridgehead atoms. The van der Waals surface area contributed by atoms with Crippen molar-refractivity contribution in [2.75, 3.05) is 13.2 Å². The first-order valence-corrected chi connectivity index (χ1v) is 5.20. The Labute approximate surface area is 85.4 Å². The summed E-state index contributed by atoms with van der Waals surface area (Å²) in [6.45, 7) is 4.54. The van der Waals surface area contributed by atoms with Gasteiger partial charge in [-0.2, -0.15) is 9.90 Å². The topological polar surface area (TPSA) is 39.9 Å². The predicted molar refractivity (Wildman–Crippen MR) is 51.4 cm³/mol. The summed E-state index contributed by atoms with van der Waals surface area (Å²) in [7, 11) is 0. The van der Waals surface area contributed by atoms with E-state index in [1.807, 2.05) is 6.92 Å². The van der Waals surface area contributed by atoms with E-state index in [1.165, 1.54) is 0 Å². The number of halogens is 1. The summed E-state index contributed by atoms with van der Waals surface area (Å²) in [6.07, 6.45) is 1.12. The fraction of sp³-hybridized carbons (Fsp3) is 0.750. The Balaban J connectivity index is 2.00. The molecule has 1 aromatic rings. The van der Waals surface area contributed by atoms with Crippen LogP contribution in [0.2, 0.25) is 0 Å². The van der Waals surface area contributed by atoms with Crippen LogP contribution in [0.1, 0.15) is 12.1 Å². The Kier molecular flexibility index (Phi) is 2.64. The molecule has 5 heteroatoms. The van der Waals surface area contributed by atoms with Crippen molar-refractivity contribution in [2.45, 2.75) is 19.9 Å². The van der Waals surface area contributed by atoms with E-state index in [1.54, 1.807) is 4.80 Å². The van der Waals surface area contributed by atoms with Gasteiger partial charge in [0.05, 0.1) is 18.8 Å². The third-order valence-corrected chi connectivity index (χ3v) is 2.95. The lowest BCUT2D eigenvalue weighted by atomic mass is 10.1. The molecule has 1 aromatic heterocycles. The molecule has 2 rings (SSSR count). The van der Waals surface area contributed by atoms with Crippen LogP contribution in [-0.2, 0) is 11.3 Å². The van der Waals surface area contributed by atoms with Crippen molar-refractivity contribution in [1.82, 2.24) is 15.0 Å². The molecule has 4 nitrogen and oxygen atoms in total. The fourth-order valence-corrected chi connectivity index (χ4v) is 1.71. The monoisotopic (exact) mass is 245 g/mol. The minimum Gasteiger partial charge on any atom is -0.381 e. The summed E-state index contributed by atoms with van der Waals surface area (Å²) in [5.74, 6) is 0.582. The van der Waals surface area contributed by atoms with Crippen LogP contribution in [0.4, 0.5) is 0 Å². The van der Waals surface area contributed by atoms with Gasteiger partial charge in [0.15, 0.2) is 4.60 Å². The van der Waals surface area contributed by atoms with Crippen LogP contribution in [-0.4, -0.2) is 28.2 Å². The summed E-state index contributed by atoms with van der Waals surface area (Å²) in [6, 6.07) is 0. The van der Waals surface area contributed by atoms with E-state index in [4.69, 9.17) is 4.74 Å². The first-order valence-electron chi connectivity index (χ1n) is 4.40. The van der Waals surface area contributed by atoms with Crippen molar-refractivity contribution in [2.24, 2.45) is 5.92 Å². The van der Waals surface area contributed by atoms with Crippen molar-refractivity contribution in [3.63, 3.8) is 0 Å². The van der Waals surface area contributed by atoms with Crippen LogP contribution in [0.3, 0.4) is 0 Å². The van der Waals surface area contributed by atoms with Gasteiger partial charge in [-0.3, -0.25) is 0 Å². The molecule has 2 heterocycles. The summed E-state index contributed by atoms with van der Waals surface area (Å²) < 4.78 is 6.13. The standard InChI is InChI=1S/C8H12BrN3O/c1-6-8(9)11-12(10-6)4-7-2-3-13-5-7/h7H,2-5H2,1H3.